The molecule has 0 fully saturated rings. The van der Waals surface area contributed by atoms with E-state index in [0.29, 0.717) is 11.3 Å². The summed E-state index contributed by atoms with van der Waals surface area (Å²) >= 11 is 0. The van der Waals surface area contributed by atoms with Gasteiger partial charge in [-0.05, 0) is 43.7 Å². The number of carbonyl (C=O) groups is 1. The van der Waals surface area contributed by atoms with Gasteiger partial charge in [0.15, 0.2) is 17.3 Å². The average molecular weight is 387 g/mol. The minimum Gasteiger partial charge on any atom is -0.344 e. The molecule has 0 aliphatic rings. The van der Waals surface area contributed by atoms with E-state index in [0.717, 1.165) is 16.8 Å². The third kappa shape index (κ3) is 3.80. The van der Waals surface area contributed by atoms with E-state index in [1.807, 2.05) is 0 Å². The first kappa shape index (κ1) is 19.3. The van der Waals surface area contributed by atoms with Gasteiger partial charge in [-0.15, -0.1) is 0 Å². The number of para-hydroxylation sites is 1. The lowest BCUT2D eigenvalue weighted by molar-refractivity contribution is 0.0931. The van der Waals surface area contributed by atoms with Crippen LogP contribution in [0.15, 0.2) is 53.3 Å². The summed E-state index contributed by atoms with van der Waals surface area (Å²) in [5.74, 6) is -3.43. The Morgan fingerprint density at radius 2 is 1.75 bits per heavy atom. The molecule has 144 valence electrons. The Labute approximate surface area is 158 Å². The van der Waals surface area contributed by atoms with Gasteiger partial charge in [0.2, 0.25) is 5.43 Å². The summed E-state index contributed by atoms with van der Waals surface area (Å²) in [4.78, 5) is 24.8. The van der Waals surface area contributed by atoms with Gasteiger partial charge in [-0.3, -0.25) is 9.59 Å². The highest BCUT2D eigenvalue weighted by Gasteiger charge is 2.19. The zero-order valence-corrected chi connectivity index (χ0v) is 15.0. The number of benzene rings is 2. The summed E-state index contributed by atoms with van der Waals surface area (Å²) in [6.45, 7) is 3.11. The van der Waals surface area contributed by atoms with Crippen molar-refractivity contribution in [1.29, 1.82) is 0 Å². The van der Waals surface area contributed by atoms with E-state index in [2.05, 4.69) is 10.4 Å². The van der Waals surface area contributed by atoms with Gasteiger partial charge in [-0.25, -0.2) is 17.9 Å². The number of nitrogens with zero attached hydrogens (tertiary/aromatic N) is 2. The van der Waals surface area contributed by atoms with Crippen LogP contribution < -0.4 is 10.7 Å². The van der Waals surface area contributed by atoms with Crippen LogP contribution in [0.4, 0.5) is 13.2 Å². The van der Waals surface area contributed by atoms with Crippen LogP contribution in [0.3, 0.4) is 0 Å². The van der Waals surface area contributed by atoms with Crippen molar-refractivity contribution in [3.8, 4) is 5.69 Å². The number of carbonyl (C=O) groups excluding carboxylic acids is 1. The molecule has 8 heteroatoms. The van der Waals surface area contributed by atoms with Gasteiger partial charge in [0.25, 0.3) is 5.91 Å². The monoisotopic (exact) mass is 387 g/mol. The summed E-state index contributed by atoms with van der Waals surface area (Å²) in [6, 6.07) is 9.50. The molecule has 0 radical (unpaired) electrons. The number of hydrogen-bond acceptors (Lipinski definition) is 3. The topological polar surface area (TPSA) is 64.0 Å². The standard InChI is InChI=1S/C20H16F3N3O2/c1-11-9-18(27)19(25-26(11)17-6-4-3-5-15(17)22)20(28)24-12(2)13-7-8-14(21)16(23)10-13/h3-10,12H,1-2H3,(H,24,28). The molecule has 0 spiro atoms. The van der Waals surface area contributed by atoms with E-state index >= 15 is 0 Å². The van der Waals surface area contributed by atoms with E-state index in [1.165, 1.54) is 30.3 Å². The van der Waals surface area contributed by atoms with Gasteiger partial charge in [-0.2, -0.15) is 5.10 Å². The van der Waals surface area contributed by atoms with Crippen molar-refractivity contribution in [1.82, 2.24) is 15.1 Å². The highest BCUT2D eigenvalue weighted by atomic mass is 19.2. The SMILES string of the molecule is Cc1cc(=O)c(C(=O)NC(C)c2ccc(F)c(F)c2)nn1-c1ccccc1F. The van der Waals surface area contributed by atoms with E-state index in [1.54, 1.807) is 19.9 Å². The van der Waals surface area contributed by atoms with E-state index in [-0.39, 0.29) is 5.69 Å². The molecule has 1 N–H and O–H groups in total. The fourth-order valence-corrected chi connectivity index (χ4v) is 2.70. The Morgan fingerprint density at radius 3 is 2.43 bits per heavy atom. The minimum absolute atomic E-state index is 0.0858. The minimum atomic E-state index is -1.05. The number of nitrogens with one attached hydrogen (secondary N) is 1. The zero-order chi connectivity index (χ0) is 20.4. The number of hydrogen-bond donors (Lipinski definition) is 1. The molecule has 0 saturated carbocycles. The quantitative estimate of drug-likeness (QED) is 0.746. The number of amides is 1. The van der Waals surface area contributed by atoms with Crippen LogP contribution in [0.5, 0.6) is 0 Å². The predicted octanol–water partition coefficient (Wildman–Crippen LogP) is 3.45. The Kier molecular flexibility index (Phi) is 5.30. The van der Waals surface area contributed by atoms with Gasteiger partial charge in [0.1, 0.15) is 11.5 Å². The molecule has 1 atom stereocenters. The van der Waals surface area contributed by atoms with Crippen LogP contribution in [0.25, 0.3) is 5.69 Å². The van der Waals surface area contributed by atoms with Gasteiger partial charge >= 0.3 is 0 Å². The van der Waals surface area contributed by atoms with Crippen molar-refractivity contribution in [2.75, 3.05) is 0 Å². The van der Waals surface area contributed by atoms with Crippen LogP contribution in [0.2, 0.25) is 0 Å². The molecule has 3 rings (SSSR count). The number of halogens is 3. The fraction of sp³-hybridized carbons (Fsp3) is 0.150. The normalized spacial score (nSPS) is 11.9. The Morgan fingerprint density at radius 1 is 1.04 bits per heavy atom. The molecule has 0 aliphatic carbocycles. The molecule has 0 saturated heterocycles. The van der Waals surface area contributed by atoms with E-state index < -0.39 is 40.5 Å². The lowest BCUT2D eigenvalue weighted by Gasteiger charge is -2.15. The zero-order valence-electron chi connectivity index (χ0n) is 15.0. The van der Waals surface area contributed by atoms with Gasteiger partial charge in [-0.1, -0.05) is 18.2 Å². The molecule has 1 aromatic heterocycles. The van der Waals surface area contributed by atoms with Crippen LogP contribution in [-0.2, 0) is 0 Å². The number of aryl methyl sites for hydroxylation is 1. The summed E-state index contributed by atoms with van der Waals surface area (Å²) in [6.07, 6.45) is 0. The van der Waals surface area contributed by atoms with Crippen molar-refractivity contribution in [2.45, 2.75) is 19.9 Å². The van der Waals surface area contributed by atoms with Crippen LogP contribution >= 0.6 is 0 Å². The number of aromatic nitrogens is 2. The third-order valence-corrected chi connectivity index (χ3v) is 4.19. The van der Waals surface area contributed by atoms with Crippen molar-refractivity contribution in [3.05, 3.63) is 93.2 Å². The third-order valence-electron chi connectivity index (χ3n) is 4.19. The van der Waals surface area contributed by atoms with Gasteiger partial charge < -0.3 is 5.32 Å². The molecule has 1 unspecified atom stereocenters. The summed E-state index contributed by atoms with van der Waals surface area (Å²) in [5, 5.41) is 6.51. The van der Waals surface area contributed by atoms with Crippen LogP contribution in [0.1, 0.15) is 34.7 Å². The predicted molar refractivity (Wildman–Crippen MR) is 96.8 cm³/mol. The van der Waals surface area contributed by atoms with E-state index in [4.69, 9.17) is 0 Å². The molecule has 1 amide bonds. The first-order chi connectivity index (χ1) is 13.3. The van der Waals surface area contributed by atoms with Gasteiger partial charge in [0, 0.05) is 11.8 Å². The Balaban J connectivity index is 1.93. The fourth-order valence-electron chi connectivity index (χ4n) is 2.70. The summed E-state index contributed by atoms with van der Waals surface area (Å²) < 4.78 is 41.7. The lowest BCUT2D eigenvalue weighted by atomic mass is 10.1. The molecular weight excluding hydrogens is 371 g/mol. The summed E-state index contributed by atoms with van der Waals surface area (Å²) in [5.41, 5.74) is -0.333. The Hall–Kier alpha value is -3.42. The average Bonchev–Trinajstić information content (AvgIpc) is 2.64. The largest absolute Gasteiger partial charge is 0.344 e. The maximum absolute atomic E-state index is 14.1. The van der Waals surface area contributed by atoms with Crippen molar-refractivity contribution in [3.63, 3.8) is 0 Å². The van der Waals surface area contributed by atoms with Crippen LogP contribution in [-0.4, -0.2) is 15.7 Å². The van der Waals surface area contributed by atoms with Crippen molar-refractivity contribution < 1.29 is 18.0 Å². The molecule has 2 aromatic carbocycles. The summed E-state index contributed by atoms with van der Waals surface area (Å²) in [7, 11) is 0. The molecule has 3 aromatic rings. The first-order valence-corrected chi connectivity index (χ1v) is 8.39. The molecule has 5 nitrogen and oxygen atoms in total. The second kappa shape index (κ2) is 7.67. The maximum Gasteiger partial charge on any atom is 0.276 e. The molecule has 0 aliphatic heterocycles. The number of rotatable bonds is 4. The van der Waals surface area contributed by atoms with Gasteiger partial charge in [0.05, 0.1) is 6.04 Å². The highest BCUT2D eigenvalue weighted by molar-refractivity contribution is 5.92. The Bertz CT molecular complexity index is 1110. The van der Waals surface area contributed by atoms with Crippen molar-refractivity contribution >= 4 is 5.91 Å². The molecular formula is C20H16F3N3O2. The highest BCUT2D eigenvalue weighted by Crippen LogP contribution is 2.17. The van der Waals surface area contributed by atoms with Crippen molar-refractivity contribution in [2.24, 2.45) is 0 Å². The lowest BCUT2D eigenvalue weighted by Crippen LogP contribution is -2.33. The second-order valence-electron chi connectivity index (χ2n) is 6.23. The van der Waals surface area contributed by atoms with Crippen LogP contribution in [0, 0.1) is 24.4 Å². The van der Waals surface area contributed by atoms with E-state index in [9.17, 15) is 22.8 Å². The molecule has 0 bridgehead atoms. The second-order valence-corrected chi connectivity index (χ2v) is 6.23. The molecule has 1 heterocycles. The first-order valence-electron chi connectivity index (χ1n) is 8.39. The maximum atomic E-state index is 14.1. The molecule has 28 heavy (non-hydrogen) atoms. The smallest absolute Gasteiger partial charge is 0.276 e.